The molecule has 1 aromatic carbocycles. The molecule has 0 fully saturated rings. The Labute approximate surface area is 142 Å². The monoisotopic (exact) mass is 328 g/mol. The summed E-state index contributed by atoms with van der Waals surface area (Å²) in [5.74, 6) is 2.23. The first-order chi connectivity index (χ1) is 11.8. The number of ether oxygens (including phenoxy) is 1. The molecule has 2 heterocycles. The van der Waals surface area contributed by atoms with E-state index in [2.05, 4.69) is 20.2 Å². The predicted molar refractivity (Wildman–Crippen MR) is 92.3 cm³/mol. The van der Waals surface area contributed by atoms with Crippen LogP contribution < -0.4 is 15.4 Å². The number of hydrogen-bond donors (Lipinski definition) is 2. The Morgan fingerprint density at radius 2 is 2.25 bits per heavy atom. The van der Waals surface area contributed by atoms with Crippen LogP contribution in [-0.2, 0) is 13.0 Å². The fraction of sp³-hybridized carbons (Fsp3) is 0.444. The molecule has 0 radical (unpaired) electrons. The van der Waals surface area contributed by atoms with Crippen LogP contribution in [0.4, 0.5) is 4.79 Å². The van der Waals surface area contributed by atoms with Crippen molar-refractivity contribution in [2.24, 2.45) is 0 Å². The second kappa shape index (κ2) is 7.86. The third-order valence-electron chi connectivity index (χ3n) is 4.45. The van der Waals surface area contributed by atoms with Crippen LogP contribution in [0.1, 0.15) is 30.1 Å². The number of fused-ring (bicyclic) bond motifs is 1. The Morgan fingerprint density at radius 3 is 3.12 bits per heavy atom. The minimum Gasteiger partial charge on any atom is -0.496 e. The molecule has 2 amide bonds. The van der Waals surface area contributed by atoms with Gasteiger partial charge in [-0.25, -0.2) is 9.78 Å². The van der Waals surface area contributed by atoms with E-state index >= 15 is 0 Å². The van der Waals surface area contributed by atoms with Crippen LogP contribution in [-0.4, -0.2) is 35.8 Å². The largest absolute Gasteiger partial charge is 0.496 e. The van der Waals surface area contributed by atoms with Crippen LogP contribution in [0.2, 0.25) is 0 Å². The molecule has 3 rings (SSSR count). The lowest BCUT2D eigenvalue weighted by Gasteiger charge is -2.23. The lowest BCUT2D eigenvalue weighted by atomic mass is 9.99. The summed E-state index contributed by atoms with van der Waals surface area (Å²) in [6.45, 7) is 2.22. The molecule has 1 unspecified atom stereocenters. The maximum absolute atomic E-state index is 12.0. The molecule has 2 aromatic rings. The van der Waals surface area contributed by atoms with E-state index in [1.165, 1.54) is 0 Å². The van der Waals surface area contributed by atoms with E-state index in [0.29, 0.717) is 19.0 Å². The molecule has 1 aliphatic rings. The maximum Gasteiger partial charge on any atom is 0.314 e. The van der Waals surface area contributed by atoms with Gasteiger partial charge in [-0.15, -0.1) is 0 Å². The minimum atomic E-state index is -0.131. The summed E-state index contributed by atoms with van der Waals surface area (Å²) in [6.07, 6.45) is 6.78. The fourth-order valence-electron chi connectivity index (χ4n) is 3.20. The van der Waals surface area contributed by atoms with Crippen molar-refractivity contribution in [2.75, 3.05) is 20.2 Å². The van der Waals surface area contributed by atoms with Gasteiger partial charge in [0.1, 0.15) is 11.6 Å². The Balaban J connectivity index is 1.42. The smallest absolute Gasteiger partial charge is 0.314 e. The van der Waals surface area contributed by atoms with Crippen molar-refractivity contribution in [1.29, 1.82) is 0 Å². The Morgan fingerprint density at radius 1 is 1.38 bits per heavy atom. The zero-order chi connectivity index (χ0) is 16.8. The molecule has 0 saturated carbocycles. The van der Waals surface area contributed by atoms with Crippen molar-refractivity contribution in [3.05, 3.63) is 48.0 Å². The van der Waals surface area contributed by atoms with E-state index in [4.69, 9.17) is 4.74 Å². The predicted octanol–water partition coefficient (Wildman–Crippen LogP) is 2.31. The van der Waals surface area contributed by atoms with Gasteiger partial charge >= 0.3 is 6.03 Å². The Bertz CT molecular complexity index is 683. The quantitative estimate of drug-likeness (QED) is 0.855. The first-order valence-corrected chi connectivity index (χ1v) is 8.42. The normalized spacial score (nSPS) is 16.3. The number of benzene rings is 1. The third kappa shape index (κ3) is 3.88. The van der Waals surface area contributed by atoms with E-state index in [1.807, 2.05) is 36.7 Å². The number of hydrogen-bond acceptors (Lipinski definition) is 3. The van der Waals surface area contributed by atoms with Crippen LogP contribution >= 0.6 is 0 Å². The van der Waals surface area contributed by atoms with Crippen molar-refractivity contribution >= 4 is 6.03 Å². The molecule has 0 saturated heterocycles. The average molecular weight is 328 g/mol. The number of methoxy groups -OCH3 is 1. The van der Waals surface area contributed by atoms with E-state index in [1.54, 1.807) is 7.11 Å². The SMILES string of the molecule is COc1ccccc1CCNC(=O)NCC1CCCn2ccnc21. The van der Waals surface area contributed by atoms with Crippen molar-refractivity contribution in [1.82, 2.24) is 20.2 Å². The number of carbonyl (C=O) groups is 1. The molecule has 6 heteroatoms. The second-order valence-electron chi connectivity index (χ2n) is 6.02. The number of nitrogens with zero attached hydrogens (tertiary/aromatic N) is 2. The highest BCUT2D eigenvalue weighted by Crippen LogP contribution is 2.24. The molecule has 1 atom stereocenters. The van der Waals surface area contributed by atoms with Crippen LogP contribution in [0.25, 0.3) is 0 Å². The van der Waals surface area contributed by atoms with E-state index in [-0.39, 0.29) is 6.03 Å². The minimum absolute atomic E-state index is 0.131. The highest BCUT2D eigenvalue weighted by molar-refractivity contribution is 5.73. The lowest BCUT2D eigenvalue weighted by Crippen LogP contribution is -2.39. The third-order valence-corrected chi connectivity index (χ3v) is 4.45. The number of nitrogens with one attached hydrogen (secondary N) is 2. The highest BCUT2D eigenvalue weighted by atomic mass is 16.5. The van der Waals surface area contributed by atoms with Gasteiger partial charge in [-0.05, 0) is 30.9 Å². The van der Waals surface area contributed by atoms with Crippen LogP contribution in [0.15, 0.2) is 36.7 Å². The van der Waals surface area contributed by atoms with Gasteiger partial charge in [-0.2, -0.15) is 0 Å². The molecular formula is C18H24N4O2. The summed E-state index contributed by atoms with van der Waals surface area (Å²) in [7, 11) is 1.66. The number of para-hydroxylation sites is 1. The van der Waals surface area contributed by atoms with E-state index < -0.39 is 0 Å². The summed E-state index contributed by atoms with van der Waals surface area (Å²) in [5, 5.41) is 5.87. The number of carbonyl (C=O) groups excluding carboxylic acids is 1. The van der Waals surface area contributed by atoms with Gasteiger partial charge in [0.2, 0.25) is 0 Å². The molecule has 1 aromatic heterocycles. The van der Waals surface area contributed by atoms with Crippen molar-refractivity contribution in [2.45, 2.75) is 31.7 Å². The van der Waals surface area contributed by atoms with Crippen LogP contribution in [0, 0.1) is 0 Å². The number of imidazole rings is 1. The van der Waals surface area contributed by atoms with Gasteiger partial charge in [0.15, 0.2) is 0 Å². The Kier molecular flexibility index (Phi) is 5.36. The molecule has 0 bridgehead atoms. The van der Waals surface area contributed by atoms with Gasteiger partial charge in [-0.3, -0.25) is 0 Å². The van der Waals surface area contributed by atoms with E-state index in [0.717, 1.165) is 42.9 Å². The van der Waals surface area contributed by atoms with Crippen molar-refractivity contribution < 1.29 is 9.53 Å². The topological polar surface area (TPSA) is 68.2 Å². The van der Waals surface area contributed by atoms with Gasteiger partial charge in [0.25, 0.3) is 0 Å². The molecule has 0 aliphatic carbocycles. The molecule has 2 N–H and O–H groups in total. The van der Waals surface area contributed by atoms with Gasteiger partial charge in [0.05, 0.1) is 7.11 Å². The van der Waals surface area contributed by atoms with Crippen LogP contribution in [0.5, 0.6) is 5.75 Å². The standard InChI is InChI=1S/C18H24N4O2/c1-24-16-7-3-2-5-14(16)8-9-20-18(23)21-13-15-6-4-11-22-12-10-19-17(15)22/h2-3,5,7,10,12,15H,4,6,8-9,11,13H2,1H3,(H2,20,21,23). The lowest BCUT2D eigenvalue weighted by molar-refractivity contribution is 0.239. The van der Waals surface area contributed by atoms with Crippen LogP contribution in [0.3, 0.4) is 0 Å². The van der Waals surface area contributed by atoms with Crippen molar-refractivity contribution in [3.8, 4) is 5.75 Å². The van der Waals surface area contributed by atoms with Gasteiger partial charge in [-0.1, -0.05) is 18.2 Å². The summed E-state index contributed by atoms with van der Waals surface area (Å²) >= 11 is 0. The molecule has 1 aliphatic heterocycles. The Hall–Kier alpha value is -2.50. The highest BCUT2D eigenvalue weighted by Gasteiger charge is 2.21. The number of rotatable bonds is 6. The van der Waals surface area contributed by atoms with Crippen molar-refractivity contribution in [3.63, 3.8) is 0 Å². The van der Waals surface area contributed by atoms with Gasteiger partial charge < -0.3 is 19.9 Å². The summed E-state index contributed by atoms with van der Waals surface area (Å²) < 4.78 is 7.49. The zero-order valence-corrected chi connectivity index (χ0v) is 14.0. The summed E-state index contributed by atoms with van der Waals surface area (Å²) in [4.78, 5) is 16.4. The average Bonchev–Trinajstić information content (AvgIpc) is 3.09. The second-order valence-corrected chi connectivity index (χ2v) is 6.02. The molecule has 6 nitrogen and oxygen atoms in total. The number of aromatic nitrogens is 2. The first kappa shape index (κ1) is 16.4. The number of aryl methyl sites for hydroxylation is 1. The molecular weight excluding hydrogens is 304 g/mol. The fourth-order valence-corrected chi connectivity index (χ4v) is 3.20. The first-order valence-electron chi connectivity index (χ1n) is 8.42. The number of urea groups is 1. The van der Waals surface area contributed by atoms with Gasteiger partial charge in [0, 0.05) is 37.9 Å². The number of amides is 2. The maximum atomic E-state index is 12.0. The zero-order valence-electron chi connectivity index (χ0n) is 14.0. The van der Waals surface area contributed by atoms with E-state index in [9.17, 15) is 4.79 Å². The molecule has 128 valence electrons. The molecule has 0 spiro atoms. The summed E-state index contributed by atoms with van der Waals surface area (Å²) in [5.41, 5.74) is 1.09. The molecule has 24 heavy (non-hydrogen) atoms. The summed E-state index contributed by atoms with van der Waals surface area (Å²) in [6, 6.07) is 7.73.